The summed E-state index contributed by atoms with van der Waals surface area (Å²) in [6.07, 6.45) is 11.5. The molecule has 0 unspecified atom stereocenters. The van der Waals surface area contributed by atoms with E-state index < -0.39 is 0 Å². The van der Waals surface area contributed by atoms with E-state index in [0.717, 1.165) is 38.7 Å². The minimum Gasteiger partial charge on any atom is -0.264 e. The van der Waals surface area contributed by atoms with Crippen LogP contribution in [0.2, 0.25) is 0 Å². The van der Waals surface area contributed by atoms with E-state index in [-0.39, 0.29) is 0 Å². The van der Waals surface area contributed by atoms with Gasteiger partial charge in [0.2, 0.25) is 24.2 Å². The van der Waals surface area contributed by atoms with Crippen molar-refractivity contribution in [3.8, 4) is 5.82 Å². The summed E-state index contributed by atoms with van der Waals surface area (Å²) in [4.78, 5) is 13.3. The third-order valence-electron chi connectivity index (χ3n) is 5.30. The second-order valence-electron chi connectivity index (χ2n) is 7.00. The first kappa shape index (κ1) is 16.6. The van der Waals surface area contributed by atoms with Crippen molar-refractivity contribution in [3.63, 3.8) is 0 Å². The molecule has 6 rings (SSSR count). The largest absolute Gasteiger partial charge is 0.339 e. The van der Waals surface area contributed by atoms with Gasteiger partial charge in [-0.05, 0) is 35.3 Å². The molecule has 6 nitrogen and oxygen atoms in total. The SMILES string of the molecule is c1ccc2c(-[n+]3cccc4c3ccc[n+]4-[n+]3cccc4cnccc43)ncnc2c1. The Bertz CT molecular complexity index is 1430. The molecule has 0 N–H and O–H groups in total. The van der Waals surface area contributed by atoms with Crippen molar-refractivity contribution in [2.24, 2.45) is 0 Å². The topological polar surface area (TPSA) is 50.3 Å². The molecule has 30 heavy (non-hydrogen) atoms. The zero-order valence-electron chi connectivity index (χ0n) is 16.0. The van der Waals surface area contributed by atoms with Gasteiger partial charge >= 0.3 is 11.3 Å². The minimum absolute atomic E-state index is 0.857. The summed E-state index contributed by atoms with van der Waals surface area (Å²) >= 11 is 0. The number of nitrogens with zero attached hydrogens (tertiary/aromatic N) is 6. The van der Waals surface area contributed by atoms with E-state index in [9.17, 15) is 0 Å². The van der Waals surface area contributed by atoms with E-state index in [0.29, 0.717) is 0 Å². The molecule has 6 aromatic rings. The molecular weight excluding hydrogens is 372 g/mol. The highest BCUT2D eigenvalue weighted by Gasteiger charge is 2.26. The summed E-state index contributed by atoms with van der Waals surface area (Å²) < 4.78 is 6.38. The van der Waals surface area contributed by atoms with Gasteiger partial charge in [0.15, 0.2) is 0 Å². The molecule has 0 aliphatic carbocycles. The fourth-order valence-electron chi connectivity index (χ4n) is 3.95. The molecular formula is C24H17N6+3. The van der Waals surface area contributed by atoms with E-state index in [1.807, 2.05) is 55.0 Å². The number of rotatable bonds is 2. The molecule has 0 saturated carbocycles. The van der Waals surface area contributed by atoms with Crippen LogP contribution in [0.4, 0.5) is 0 Å². The van der Waals surface area contributed by atoms with Gasteiger partial charge in [0, 0.05) is 36.7 Å². The summed E-state index contributed by atoms with van der Waals surface area (Å²) in [5.74, 6) is 0.857. The van der Waals surface area contributed by atoms with Crippen molar-refractivity contribution in [1.29, 1.82) is 0 Å². The lowest BCUT2D eigenvalue weighted by atomic mass is 10.2. The second-order valence-corrected chi connectivity index (χ2v) is 7.00. The minimum atomic E-state index is 0.857. The van der Waals surface area contributed by atoms with Crippen LogP contribution in [0.15, 0.2) is 104 Å². The Morgan fingerprint density at radius 1 is 0.633 bits per heavy atom. The Morgan fingerprint density at radius 3 is 2.40 bits per heavy atom. The van der Waals surface area contributed by atoms with Gasteiger partial charge in [-0.15, -0.1) is 0 Å². The lowest BCUT2D eigenvalue weighted by Crippen LogP contribution is -2.66. The quantitative estimate of drug-likeness (QED) is 0.428. The molecule has 5 heterocycles. The smallest absolute Gasteiger partial charge is 0.264 e. The fourth-order valence-corrected chi connectivity index (χ4v) is 3.95. The van der Waals surface area contributed by atoms with E-state index in [1.165, 1.54) is 0 Å². The summed E-state index contributed by atoms with van der Waals surface area (Å²) in [6, 6.07) is 22.5. The average molecular weight is 389 g/mol. The van der Waals surface area contributed by atoms with Crippen LogP contribution in [0.1, 0.15) is 0 Å². The fraction of sp³-hybridized carbons (Fsp3) is 0. The van der Waals surface area contributed by atoms with Crippen LogP contribution < -0.4 is 13.9 Å². The van der Waals surface area contributed by atoms with Gasteiger partial charge in [-0.25, -0.2) is 4.98 Å². The normalized spacial score (nSPS) is 11.3. The standard InChI is InChI=1S/C24H17N6/c1-2-8-20-19(7-1)24(27-17-26-20)28-13-4-10-23-22(28)9-5-15-30(23)29-14-3-6-18-16-25-12-11-21(18)29/h1-17H/q+3. The van der Waals surface area contributed by atoms with Crippen LogP contribution in [0.3, 0.4) is 0 Å². The van der Waals surface area contributed by atoms with E-state index >= 15 is 0 Å². The summed E-state index contributed by atoms with van der Waals surface area (Å²) in [5, 5.41) is 2.09. The number of hydrogen-bond donors (Lipinski definition) is 0. The van der Waals surface area contributed by atoms with Gasteiger partial charge in [0.1, 0.15) is 0 Å². The molecule has 0 aliphatic heterocycles. The van der Waals surface area contributed by atoms with Crippen LogP contribution in [0.5, 0.6) is 0 Å². The van der Waals surface area contributed by atoms with Crippen molar-refractivity contribution >= 4 is 32.8 Å². The number of pyridine rings is 4. The van der Waals surface area contributed by atoms with Gasteiger partial charge in [-0.3, -0.25) is 4.98 Å². The predicted molar refractivity (Wildman–Crippen MR) is 112 cm³/mol. The van der Waals surface area contributed by atoms with Crippen LogP contribution >= 0.6 is 0 Å². The molecule has 0 atom stereocenters. The van der Waals surface area contributed by atoms with Crippen molar-refractivity contribution in [2.75, 3.05) is 0 Å². The van der Waals surface area contributed by atoms with Gasteiger partial charge in [0.05, 0.1) is 31.8 Å². The van der Waals surface area contributed by atoms with Gasteiger partial charge in [-0.1, -0.05) is 12.1 Å². The van der Waals surface area contributed by atoms with Gasteiger partial charge < -0.3 is 0 Å². The highest BCUT2D eigenvalue weighted by molar-refractivity contribution is 5.83. The maximum Gasteiger partial charge on any atom is 0.339 e. The van der Waals surface area contributed by atoms with Crippen LogP contribution in [-0.2, 0) is 0 Å². The van der Waals surface area contributed by atoms with Crippen molar-refractivity contribution < 1.29 is 13.9 Å². The Kier molecular flexibility index (Phi) is 3.67. The molecule has 140 valence electrons. The monoisotopic (exact) mass is 389 g/mol. The highest BCUT2D eigenvalue weighted by atomic mass is 15.4. The number of benzene rings is 1. The lowest BCUT2D eigenvalue weighted by Gasteiger charge is -2.02. The number of para-hydroxylation sites is 1. The van der Waals surface area contributed by atoms with Crippen molar-refractivity contribution in [3.05, 3.63) is 104 Å². The Balaban J connectivity index is 1.67. The first-order valence-electron chi connectivity index (χ1n) is 9.70. The van der Waals surface area contributed by atoms with E-state index in [2.05, 4.69) is 71.6 Å². The number of hydrogen-bond acceptors (Lipinski definition) is 3. The first-order chi connectivity index (χ1) is 14.9. The number of aromatic nitrogens is 6. The average Bonchev–Trinajstić information content (AvgIpc) is 2.83. The predicted octanol–water partition coefficient (Wildman–Crippen LogP) is 2.49. The van der Waals surface area contributed by atoms with Crippen molar-refractivity contribution in [1.82, 2.24) is 15.0 Å². The molecule has 6 heteroatoms. The highest BCUT2D eigenvalue weighted by Crippen LogP contribution is 2.16. The molecule has 0 fully saturated rings. The van der Waals surface area contributed by atoms with Crippen molar-refractivity contribution in [2.45, 2.75) is 0 Å². The maximum absolute atomic E-state index is 4.61. The third-order valence-corrected chi connectivity index (χ3v) is 5.30. The Morgan fingerprint density at radius 2 is 1.43 bits per heavy atom. The summed E-state index contributed by atoms with van der Waals surface area (Å²) in [5.41, 5.74) is 4.10. The maximum atomic E-state index is 4.61. The molecule has 0 saturated heterocycles. The molecule has 0 spiro atoms. The summed E-state index contributed by atoms with van der Waals surface area (Å²) in [6.45, 7) is 0. The lowest BCUT2D eigenvalue weighted by molar-refractivity contribution is -1.27. The third kappa shape index (κ3) is 2.51. The molecule has 0 radical (unpaired) electrons. The second kappa shape index (κ2) is 6.63. The van der Waals surface area contributed by atoms with E-state index in [1.54, 1.807) is 6.33 Å². The van der Waals surface area contributed by atoms with Crippen LogP contribution in [-0.4, -0.2) is 15.0 Å². The first-order valence-corrected chi connectivity index (χ1v) is 9.70. The Hall–Kier alpha value is -4.32. The Labute approximate surface area is 172 Å². The van der Waals surface area contributed by atoms with Crippen LogP contribution in [0, 0.1) is 0 Å². The molecule has 0 amide bonds. The molecule has 0 aliphatic rings. The number of fused-ring (bicyclic) bond motifs is 3. The van der Waals surface area contributed by atoms with Gasteiger partial charge in [0.25, 0.3) is 5.52 Å². The summed E-state index contributed by atoms with van der Waals surface area (Å²) in [7, 11) is 0. The van der Waals surface area contributed by atoms with Crippen LogP contribution in [0.25, 0.3) is 38.7 Å². The molecule has 5 aromatic heterocycles. The molecule has 0 bridgehead atoms. The molecule has 1 aromatic carbocycles. The zero-order chi connectivity index (χ0) is 19.9. The van der Waals surface area contributed by atoms with E-state index in [4.69, 9.17) is 0 Å². The zero-order valence-corrected chi connectivity index (χ0v) is 16.0. The van der Waals surface area contributed by atoms with Gasteiger partial charge in [-0.2, -0.15) is 4.57 Å².